The first kappa shape index (κ1) is 13.3. The highest BCUT2D eigenvalue weighted by atomic mass is 32.1. The molecule has 3 rings (SSSR count). The van der Waals surface area contributed by atoms with Crippen molar-refractivity contribution in [2.24, 2.45) is 11.6 Å². The first-order valence-electron chi connectivity index (χ1n) is 5.97. The van der Waals surface area contributed by atoms with E-state index in [4.69, 9.17) is 16.3 Å². The second-order valence-corrected chi connectivity index (χ2v) is 4.99. The van der Waals surface area contributed by atoms with E-state index < -0.39 is 5.91 Å². The average molecular weight is 301 g/mol. The van der Waals surface area contributed by atoms with Crippen LogP contribution in [-0.2, 0) is 0 Å². The van der Waals surface area contributed by atoms with Crippen LogP contribution in [0.3, 0.4) is 0 Å². The number of primary amides is 1. The van der Waals surface area contributed by atoms with E-state index in [0.29, 0.717) is 11.6 Å². The van der Waals surface area contributed by atoms with E-state index in [1.807, 2.05) is 11.4 Å². The molecular formula is C13H11N5O2S. The third-order valence-electron chi connectivity index (χ3n) is 2.78. The largest absolute Gasteiger partial charge is 0.437 e. The monoisotopic (exact) mass is 301 g/mol. The summed E-state index contributed by atoms with van der Waals surface area (Å²) < 4.78 is 5.74. The number of nitrogens with zero attached hydrogens (tertiary/aromatic N) is 2. The van der Waals surface area contributed by atoms with Crippen molar-refractivity contribution >= 4 is 33.4 Å². The molecule has 0 bridgehead atoms. The van der Waals surface area contributed by atoms with Gasteiger partial charge in [-0.1, -0.05) is 12.1 Å². The van der Waals surface area contributed by atoms with Crippen LogP contribution in [-0.4, -0.2) is 15.9 Å². The van der Waals surface area contributed by atoms with Crippen molar-refractivity contribution in [3.05, 3.63) is 41.3 Å². The standard InChI is InChI=1S/C13H11N5O2S/c14-10(19)7-3-1-2-4-9(7)20-11-8-5-6-21-12(8)17-13(16-11)18-15/h1-6H,15H2,(H2,14,19)(H,16,17,18). The van der Waals surface area contributed by atoms with Gasteiger partial charge in [-0.15, -0.1) is 11.3 Å². The van der Waals surface area contributed by atoms with Crippen molar-refractivity contribution in [1.29, 1.82) is 0 Å². The number of thiophene rings is 1. The van der Waals surface area contributed by atoms with Crippen LogP contribution in [0.2, 0.25) is 0 Å². The van der Waals surface area contributed by atoms with Gasteiger partial charge >= 0.3 is 0 Å². The van der Waals surface area contributed by atoms with Crippen LogP contribution < -0.4 is 21.7 Å². The number of fused-ring (bicyclic) bond motifs is 1. The molecule has 0 atom stereocenters. The summed E-state index contributed by atoms with van der Waals surface area (Å²) in [7, 11) is 0. The number of para-hydroxylation sites is 1. The predicted octanol–water partition coefficient (Wildman–Crippen LogP) is 1.87. The van der Waals surface area contributed by atoms with Crippen LogP contribution in [0, 0.1) is 0 Å². The van der Waals surface area contributed by atoms with Crippen LogP contribution in [0.4, 0.5) is 5.95 Å². The molecule has 0 unspecified atom stereocenters. The molecule has 0 saturated heterocycles. The summed E-state index contributed by atoms with van der Waals surface area (Å²) in [6.07, 6.45) is 0. The molecular weight excluding hydrogens is 290 g/mol. The first-order valence-corrected chi connectivity index (χ1v) is 6.85. The summed E-state index contributed by atoms with van der Waals surface area (Å²) in [5, 5.41) is 2.60. The number of carbonyl (C=O) groups excluding carboxylic acids is 1. The van der Waals surface area contributed by atoms with E-state index in [2.05, 4.69) is 15.4 Å². The molecule has 2 heterocycles. The normalized spacial score (nSPS) is 10.5. The Morgan fingerprint density at radius 1 is 1.24 bits per heavy atom. The van der Waals surface area contributed by atoms with Crippen molar-refractivity contribution in [1.82, 2.24) is 9.97 Å². The molecule has 0 radical (unpaired) electrons. The summed E-state index contributed by atoms with van der Waals surface area (Å²) in [5.41, 5.74) is 8.00. The minimum Gasteiger partial charge on any atom is -0.437 e. The Balaban J connectivity index is 2.10. The molecule has 5 N–H and O–H groups in total. The zero-order valence-electron chi connectivity index (χ0n) is 10.7. The van der Waals surface area contributed by atoms with Gasteiger partial charge in [0, 0.05) is 0 Å². The number of nitrogens with two attached hydrogens (primary N) is 2. The lowest BCUT2D eigenvalue weighted by Crippen LogP contribution is -2.13. The number of carbonyl (C=O) groups is 1. The van der Waals surface area contributed by atoms with E-state index >= 15 is 0 Å². The molecule has 21 heavy (non-hydrogen) atoms. The van der Waals surface area contributed by atoms with Gasteiger partial charge in [0.15, 0.2) is 0 Å². The molecule has 0 aliphatic heterocycles. The summed E-state index contributed by atoms with van der Waals surface area (Å²) >= 11 is 1.43. The summed E-state index contributed by atoms with van der Waals surface area (Å²) in [4.78, 5) is 20.5. The fourth-order valence-electron chi connectivity index (χ4n) is 1.83. The van der Waals surface area contributed by atoms with Crippen molar-refractivity contribution in [2.75, 3.05) is 5.43 Å². The van der Waals surface area contributed by atoms with E-state index in [1.54, 1.807) is 24.3 Å². The number of hydrazine groups is 1. The Morgan fingerprint density at radius 3 is 2.81 bits per heavy atom. The zero-order valence-corrected chi connectivity index (χ0v) is 11.6. The first-order chi connectivity index (χ1) is 10.2. The number of amides is 1. The maximum atomic E-state index is 11.4. The van der Waals surface area contributed by atoms with Crippen molar-refractivity contribution in [2.45, 2.75) is 0 Å². The van der Waals surface area contributed by atoms with Gasteiger partial charge < -0.3 is 10.5 Å². The molecule has 3 aromatic rings. The zero-order chi connectivity index (χ0) is 14.8. The van der Waals surface area contributed by atoms with Crippen LogP contribution in [0.1, 0.15) is 10.4 Å². The molecule has 0 saturated carbocycles. The van der Waals surface area contributed by atoms with Crippen LogP contribution in [0.5, 0.6) is 11.6 Å². The number of hydrogen-bond acceptors (Lipinski definition) is 7. The molecule has 7 nitrogen and oxygen atoms in total. The topological polar surface area (TPSA) is 116 Å². The fraction of sp³-hybridized carbons (Fsp3) is 0. The van der Waals surface area contributed by atoms with Gasteiger partial charge in [0.05, 0.1) is 10.9 Å². The van der Waals surface area contributed by atoms with Gasteiger partial charge in [0.1, 0.15) is 10.6 Å². The van der Waals surface area contributed by atoms with Gasteiger partial charge in [0.2, 0.25) is 11.8 Å². The van der Waals surface area contributed by atoms with E-state index in [0.717, 1.165) is 10.2 Å². The Kier molecular flexibility index (Phi) is 3.38. The highest BCUT2D eigenvalue weighted by molar-refractivity contribution is 7.16. The second-order valence-electron chi connectivity index (χ2n) is 4.10. The van der Waals surface area contributed by atoms with E-state index in [1.165, 1.54) is 11.3 Å². The Hall–Kier alpha value is -2.71. The predicted molar refractivity (Wildman–Crippen MR) is 80.3 cm³/mol. The quantitative estimate of drug-likeness (QED) is 0.500. The molecule has 1 aromatic carbocycles. The maximum absolute atomic E-state index is 11.4. The lowest BCUT2D eigenvalue weighted by molar-refractivity contribution is 0.0998. The summed E-state index contributed by atoms with van der Waals surface area (Å²) in [6, 6.07) is 8.53. The van der Waals surface area contributed by atoms with Gasteiger partial charge in [-0.05, 0) is 23.6 Å². The number of rotatable bonds is 4. The van der Waals surface area contributed by atoms with Crippen molar-refractivity contribution < 1.29 is 9.53 Å². The third-order valence-corrected chi connectivity index (χ3v) is 3.58. The Bertz CT molecular complexity index is 817. The molecule has 1 amide bonds. The highest BCUT2D eigenvalue weighted by Gasteiger charge is 2.14. The lowest BCUT2D eigenvalue weighted by atomic mass is 10.2. The summed E-state index contributed by atoms with van der Waals surface area (Å²) in [6.45, 7) is 0. The number of anilines is 1. The fourth-order valence-corrected chi connectivity index (χ4v) is 2.59. The number of nitrogen functional groups attached to an aromatic ring is 1. The Morgan fingerprint density at radius 2 is 2.05 bits per heavy atom. The third kappa shape index (κ3) is 2.49. The maximum Gasteiger partial charge on any atom is 0.252 e. The second kappa shape index (κ2) is 5.35. The number of benzene rings is 1. The minimum absolute atomic E-state index is 0.233. The minimum atomic E-state index is -0.571. The molecule has 106 valence electrons. The summed E-state index contributed by atoms with van der Waals surface area (Å²) in [5.74, 6) is 5.65. The van der Waals surface area contributed by atoms with Crippen LogP contribution in [0.15, 0.2) is 35.7 Å². The van der Waals surface area contributed by atoms with Crippen molar-refractivity contribution in [3.8, 4) is 11.6 Å². The van der Waals surface area contributed by atoms with Crippen molar-refractivity contribution in [3.63, 3.8) is 0 Å². The van der Waals surface area contributed by atoms with Gasteiger partial charge in [-0.2, -0.15) is 4.98 Å². The number of ether oxygens (including phenoxy) is 1. The van der Waals surface area contributed by atoms with Gasteiger partial charge in [-0.3, -0.25) is 10.2 Å². The average Bonchev–Trinajstić information content (AvgIpc) is 2.96. The van der Waals surface area contributed by atoms with Crippen LogP contribution in [0.25, 0.3) is 10.2 Å². The molecule has 0 aliphatic carbocycles. The molecule has 0 fully saturated rings. The molecule has 0 aliphatic rings. The van der Waals surface area contributed by atoms with Gasteiger partial charge in [0.25, 0.3) is 5.91 Å². The number of hydrogen-bond donors (Lipinski definition) is 3. The number of nitrogens with one attached hydrogen (secondary N) is 1. The highest BCUT2D eigenvalue weighted by Crippen LogP contribution is 2.32. The van der Waals surface area contributed by atoms with E-state index in [9.17, 15) is 4.79 Å². The lowest BCUT2D eigenvalue weighted by Gasteiger charge is -2.10. The smallest absolute Gasteiger partial charge is 0.252 e. The van der Waals surface area contributed by atoms with E-state index in [-0.39, 0.29) is 11.5 Å². The van der Waals surface area contributed by atoms with Crippen LogP contribution >= 0.6 is 11.3 Å². The molecule has 0 spiro atoms. The van der Waals surface area contributed by atoms with Gasteiger partial charge in [-0.25, -0.2) is 10.8 Å². The Labute approximate surface area is 123 Å². The number of aromatic nitrogens is 2. The molecule has 8 heteroatoms. The SMILES string of the molecule is NNc1nc(Oc2ccccc2C(N)=O)c2ccsc2n1. The molecule has 2 aromatic heterocycles.